The molecule has 2 aromatic carbocycles. The van der Waals surface area contributed by atoms with Gasteiger partial charge in [0.05, 0.1) is 10.4 Å². The van der Waals surface area contributed by atoms with E-state index in [2.05, 4.69) is 9.97 Å². The van der Waals surface area contributed by atoms with E-state index in [1.807, 2.05) is 30.3 Å². The van der Waals surface area contributed by atoms with E-state index < -0.39 is 4.92 Å². The van der Waals surface area contributed by atoms with Gasteiger partial charge in [-0.2, -0.15) is 0 Å². The highest BCUT2D eigenvalue weighted by molar-refractivity contribution is 6.34. The van der Waals surface area contributed by atoms with E-state index >= 15 is 0 Å². The van der Waals surface area contributed by atoms with Crippen LogP contribution in [0.3, 0.4) is 0 Å². The Morgan fingerprint density at radius 3 is 2.50 bits per heavy atom. The number of nitro benzene ring substituents is 1. The molecule has 0 radical (unpaired) electrons. The third-order valence-electron chi connectivity index (χ3n) is 2.88. The summed E-state index contributed by atoms with van der Waals surface area (Å²) in [7, 11) is 0. The summed E-state index contributed by atoms with van der Waals surface area (Å²) < 4.78 is 0. The molecule has 0 aliphatic rings. The van der Waals surface area contributed by atoms with E-state index in [1.165, 1.54) is 12.1 Å². The summed E-state index contributed by atoms with van der Waals surface area (Å²) in [5.41, 5.74) is 1.24. The maximum absolute atomic E-state index is 10.8. The summed E-state index contributed by atoms with van der Waals surface area (Å²) >= 11 is 6.12. The van der Waals surface area contributed by atoms with Crippen molar-refractivity contribution in [2.45, 2.75) is 0 Å². The minimum absolute atomic E-state index is 0.0220. The molecule has 1 aromatic heterocycles. The predicted molar refractivity (Wildman–Crippen MR) is 76.6 cm³/mol. The first kappa shape index (κ1) is 12.5. The van der Waals surface area contributed by atoms with E-state index in [0.717, 1.165) is 5.56 Å². The highest BCUT2D eigenvalue weighted by Crippen LogP contribution is 2.27. The zero-order chi connectivity index (χ0) is 14.1. The van der Waals surface area contributed by atoms with Crippen LogP contribution in [0.25, 0.3) is 22.3 Å². The molecule has 6 heteroatoms. The second-order valence-electron chi connectivity index (χ2n) is 4.16. The van der Waals surface area contributed by atoms with Gasteiger partial charge in [0, 0.05) is 23.1 Å². The van der Waals surface area contributed by atoms with Crippen LogP contribution in [0.5, 0.6) is 0 Å². The Hall–Kier alpha value is -2.53. The molecule has 0 fully saturated rings. The molecule has 0 saturated heterocycles. The number of hydrogen-bond acceptors (Lipinski definition) is 4. The minimum Gasteiger partial charge on any atom is -0.258 e. The van der Waals surface area contributed by atoms with Crippen LogP contribution in [0.1, 0.15) is 0 Å². The van der Waals surface area contributed by atoms with Gasteiger partial charge in [-0.3, -0.25) is 10.1 Å². The Labute approximate surface area is 119 Å². The molecule has 0 aliphatic heterocycles. The summed E-state index contributed by atoms with van der Waals surface area (Å²) in [6.45, 7) is 0. The van der Waals surface area contributed by atoms with E-state index in [0.29, 0.717) is 16.7 Å². The number of fused-ring (bicyclic) bond motifs is 1. The molecular weight excluding hydrogens is 278 g/mol. The average Bonchev–Trinajstić information content (AvgIpc) is 2.47. The summed E-state index contributed by atoms with van der Waals surface area (Å²) in [6, 6.07) is 13.7. The van der Waals surface area contributed by atoms with E-state index in [9.17, 15) is 10.1 Å². The molecule has 0 N–H and O–H groups in total. The van der Waals surface area contributed by atoms with Crippen LogP contribution >= 0.6 is 11.6 Å². The monoisotopic (exact) mass is 285 g/mol. The summed E-state index contributed by atoms with van der Waals surface area (Å²) in [5, 5.41) is 11.7. The third kappa shape index (κ3) is 2.19. The zero-order valence-electron chi connectivity index (χ0n) is 10.2. The molecule has 20 heavy (non-hydrogen) atoms. The van der Waals surface area contributed by atoms with Gasteiger partial charge in [-0.25, -0.2) is 9.97 Å². The van der Waals surface area contributed by atoms with E-state index in [4.69, 9.17) is 11.6 Å². The first-order chi connectivity index (χ1) is 9.65. The van der Waals surface area contributed by atoms with Crippen LogP contribution in [0.15, 0.2) is 48.5 Å². The summed E-state index contributed by atoms with van der Waals surface area (Å²) in [4.78, 5) is 18.9. The van der Waals surface area contributed by atoms with Crippen molar-refractivity contribution in [3.05, 3.63) is 63.8 Å². The maximum Gasteiger partial charge on any atom is 0.271 e. The molecular formula is C14H8ClN3O2. The largest absolute Gasteiger partial charge is 0.271 e. The second-order valence-corrected chi connectivity index (χ2v) is 4.52. The number of halogens is 1. The molecule has 0 bridgehead atoms. The molecule has 0 aliphatic carbocycles. The van der Waals surface area contributed by atoms with Gasteiger partial charge in [0.2, 0.25) is 0 Å². The van der Waals surface area contributed by atoms with Crippen LogP contribution in [-0.4, -0.2) is 14.9 Å². The summed E-state index contributed by atoms with van der Waals surface area (Å²) in [6.07, 6.45) is 0. The molecule has 98 valence electrons. The molecule has 0 spiro atoms. The van der Waals surface area contributed by atoms with Crippen molar-refractivity contribution in [3.8, 4) is 11.4 Å². The van der Waals surface area contributed by atoms with Crippen molar-refractivity contribution in [1.82, 2.24) is 9.97 Å². The molecule has 0 amide bonds. The van der Waals surface area contributed by atoms with Crippen LogP contribution in [-0.2, 0) is 0 Å². The Bertz CT molecular complexity index is 806. The SMILES string of the molecule is O=[N+]([O-])c1ccc2c(Cl)nc(-c3ccccc3)nc2c1. The number of nitrogens with zero attached hydrogens (tertiary/aromatic N) is 3. The van der Waals surface area contributed by atoms with Gasteiger partial charge in [-0.15, -0.1) is 0 Å². The molecule has 0 atom stereocenters. The lowest BCUT2D eigenvalue weighted by molar-refractivity contribution is -0.384. The standard InChI is InChI=1S/C14H8ClN3O2/c15-13-11-7-6-10(18(19)20)8-12(11)16-14(17-13)9-4-2-1-3-5-9/h1-8H. The highest BCUT2D eigenvalue weighted by Gasteiger charge is 2.12. The van der Waals surface area contributed by atoms with Gasteiger partial charge in [0.1, 0.15) is 5.15 Å². The van der Waals surface area contributed by atoms with Crippen LogP contribution in [0.2, 0.25) is 5.15 Å². The van der Waals surface area contributed by atoms with Gasteiger partial charge in [0.15, 0.2) is 5.82 Å². The van der Waals surface area contributed by atoms with Gasteiger partial charge in [0.25, 0.3) is 5.69 Å². The molecule has 5 nitrogen and oxygen atoms in total. The smallest absolute Gasteiger partial charge is 0.258 e. The van der Waals surface area contributed by atoms with Crippen molar-refractivity contribution < 1.29 is 4.92 Å². The first-order valence-corrected chi connectivity index (χ1v) is 6.20. The Morgan fingerprint density at radius 2 is 1.80 bits per heavy atom. The van der Waals surface area contributed by atoms with Crippen LogP contribution in [0, 0.1) is 10.1 Å². The lowest BCUT2D eigenvalue weighted by Crippen LogP contribution is -1.93. The molecule has 3 aromatic rings. The van der Waals surface area contributed by atoms with Crippen LogP contribution in [0.4, 0.5) is 5.69 Å². The van der Waals surface area contributed by atoms with Gasteiger partial charge in [-0.05, 0) is 6.07 Å². The van der Waals surface area contributed by atoms with Crippen molar-refractivity contribution in [3.63, 3.8) is 0 Å². The lowest BCUT2D eigenvalue weighted by atomic mass is 10.2. The second kappa shape index (κ2) is 4.86. The van der Waals surface area contributed by atoms with Gasteiger partial charge >= 0.3 is 0 Å². The molecule has 0 unspecified atom stereocenters. The fourth-order valence-corrected chi connectivity index (χ4v) is 2.15. The fourth-order valence-electron chi connectivity index (χ4n) is 1.91. The first-order valence-electron chi connectivity index (χ1n) is 5.82. The van der Waals surface area contributed by atoms with E-state index in [-0.39, 0.29) is 10.8 Å². The van der Waals surface area contributed by atoms with Crippen molar-refractivity contribution in [1.29, 1.82) is 0 Å². The summed E-state index contributed by atoms with van der Waals surface area (Å²) in [5.74, 6) is 0.448. The van der Waals surface area contributed by atoms with E-state index in [1.54, 1.807) is 6.07 Å². The number of benzene rings is 2. The Morgan fingerprint density at radius 1 is 1.05 bits per heavy atom. The fraction of sp³-hybridized carbons (Fsp3) is 0. The molecule has 1 heterocycles. The average molecular weight is 286 g/mol. The molecule has 3 rings (SSSR count). The number of rotatable bonds is 2. The topological polar surface area (TPSA) is 68.9 Å². The Balaban J connectivity index is 2.24. The van der Waals surface area contributed by atoms with Gasteiger partial charge < -0.3 is 0 Å². The zero-order valence-corrected chi connectivity index (χ0v) is 10.9. The maximum atomic E-state index is 10.8. The van der Waals surface area contributed by atoms with Crippen molar-refractivity contribution >= 4 is 28.2 Å². The quantitative estimate of drug-likeness (QED) is 0.407. The Kier molecular flexibility index (Phi) is 3.04. The number of nitro groups is 1. The van der Waals surface area contributed by atoms with Crippen molar-refractivity contribution in [2.24, 2.45) is 0 Å². The number of non-ortho nitro benzene ring substituents is 1. The highest BCUT2D eigenvalue weighted by atomic mass is 35.5. The minimum atomic E-state index is -0.461. The molecule has 0 saturated carbocycles. The predicted octanol–water partition coefficient (Wildman–Crippen LogP) is 3.86. The van der Waals surface area contributed by atoms with Crippen molar-refractivity contribution in [2.75, 3.05) is 0 Å². The number of hydrogen-bond donors (Lipinski definition) is 0. The number of aromatic nitrogens is 2. The lowest BCUT2D eigenvalue weighted by Gasteiger charge is -2.04. The normalized spacial score (nSPS) is 10.7. The van der Waals surface area contributed by atoms with Crippen LogP contribution < -0.4 is 0 Å². The van der Waals surface area contributed by atoms with Gasteiger partial charge in [-0.1, -0.05) is 41.9 Å². The third-order valence-corrected chi connectivity index (χ3v) is 3.16.